The van der Waals surface area contributed by atoms with Gasteiger partial charge in [0.05, 0.1) is 12.2 Å². The first-order valence-corrected chi connectivity index (χ1v) is 10.3. The third-order valence-electron chi connectivity index (χ3n) is 5.58. The molecule has 0 radical (unpaired) electrons. The lowest BCUT2D eigenvalue weighted by Crippen LogP contribution is -2.40. The number of amides is 1. The van der Waals surface area contributed by atoms with Gasteiger partial charge in [-0.15, -0.1) is 0 Å². The Hall–Kier alpha value is -3.67. The van der Waals surface area contributed by atoms with Crippen molar-refractivity contribution in [3.8, 4) is 11.1 Å². The van der Waals surface area contributed by atoms with Crippen LogP contribution < -0.4 is 4.90 Å². The maximum atomic E-state index is 13.5. The molecule has 6 nitrogen and oxygen atoms in total. The molecule has 1 N–H and O–H groups in total. The Balaban J connectivity index is 1.81. The zero-order chi connectivity index (χ0) is 22.1. The highest BCUT2D eigenvalue weighted by Crippen LogP contribution is 2.35. The third kappa shape index (κ3) is 3.54. The van der Waals surface area contributed by atoms with Gasteiger partial charge in [-0.25, -0.2) is 4.79 Å². The lowest BCUT2D eigenvalue weighted by atomic mass is 9.98. The third-order valence-corrected chi connectivity index (χ3v) is 5.58. The van der Waals surface area contributed by atoms with E-state index < -0.39 is 17.7 Å². The molecule has 2 heterocycles. The summed E-state index contributed by atoms with van der Waals surface area (Å²) in [6.45, 7) is 5.56. The summed E-state index contributed by atoms with van der Waals surface area (Å²) in [5.41, 5.74) is 3.73. The Kier molecular flexibility index (Phi) is 5.46. The van der Waals surface area contributed by atoms with Gasteiger partial charge in [0.25, 0.3) is 5.78 Å². The van der Waals surface area contributed by atoms with Crippen molar-refractivity contribution in [3.05, 3.63) is 77.1 Å². The number of esters is 1. The van der Waals surface area contributed by atoms with Gasteiger partial charge in [0.1, 0.15) is 5.69 Å². The van der Waals surface area contributed by atoms with E-state index in [9.17, 15) is 14.4 Å². The Morgan fingerprint density at radius 3 is 2.45 bits per heavy atom. The van der Waals surface area contributed by atoms with E-state index in [1.54, 1.807) is 30.9 Å². The molecule has 0 aliphatic carbocycles. The van der Waals surface area contributed by atoms with Gasteiger partial charge in [-0.1, -0.05) is 48.5 Å². The minimum atomic E-state index is -0.680. The van der Waals surface area contributed by atoms with Crippen molar-refractivity contribution < 1.29 is 19.1 Å². The minimum absolute atomic E-state index is 0.105. The lowest BCUT2D eigenvalue weighted by Gasteiger charge is -2.22. The molecule has 0 saturated carbocycles. The van der Waals surface area contributed by atoms with Gasteiger partial charge in [-0.3, -0.25) is 9.59 Å². The molecule has 3 aromatic rings. The van der Waals surface area contributed by atoms with Crippen molar-refractivity contribution in [2.24, 2.45) is 0 Å². The molecule has 2 aromatic carbocycles. The van der Waals surface area contributed by atoms with Crippen molar-refractivity contribution >= 4 is 23.3 Å². The Morgan fingerprint density at radius 2 is 1.74 bits per heavy atom. The molecule has 0 fully saturated rings. The topological polar surface area (TPSA) is 79.5 Å². The SMILES string of the molecule is CCOC(=O)c1c(C)[nH]c(C(=O)C(=O)N2c3ccccc3C[C@@H]2C)c1-c1ccccc1. The zero-order valence-electron chi connectivity index (χ0n) is 17.8. The van der Waals surface area contributed by atoms with Gasteiger partial charge in [-0.05, 0) is 44.4 Å². The van der Waals surface area contributed by atoms with Crippen LogP contribution in [0.4, 0.5) is 5.69 Å². The number of benzene rings is 2. The Morgan fingerprint density at radius 1 is 1.06 bits per heavy atom. The zero-order valence-corrected chi connectivity index (χ0v) is 17.8. The van der Waals surface area contributed by atoms with Crippen LogP contribution in [0.15, 0.2) is 54.6 Å². The van der Waals surface area contributed by atoms with Crippen molar-refractivity contribution in [1.29, 1.82) is 0 Å². The second kappa shape index (κ2) is 8.22. The number of nitrogens with zero attached hydrogens (tertiary/aromatic N) is 1. The molecule has 1 amide bonds. The first-order chi connectivity index (χ1) is 14.9. The molecule has 1 aliphatic heterocycles. The summed E-state index contributed by atoms with van der Waals surface area (Å²) in [5.74, 6) is -1.83. The number of carbonyl (C=O) groups is 3. The number of anilines is 1. The maximum Gasteiger partial charge on any atom is 0.340 e. The number of aromatic amines is 1. The molecule has 0 spiro atoms. The van der Waals surface area contributed by atoms with Gasteiger partial charge in [0.2, 0.25) is 0 Å². The van der Waals surface area contributed by atoms with Crippen LogP contribution in [-0.4, -0.2) is 35.3 Å². The number of hydrogen-bond donors (Lipinski definition) is 1. The average Bonchev–Trinajstić information content (AvgIpc) is 3.29. The number of aromatic nitrogens is 1. The van der Waals surface area contributed by atoms with Crippen LogP contribution in [0, 0.1) is 6.92 Å². The van der Waals surface area contributed by atoms with Crippen LogP contribution in [0.25, 0.3) is 11.1 Å². The number of fused-ring (bicyclic) bond motifs is 1. The predicted molar refractivity (Wildman–Crippen MR) is 118 cm³/mol. The lowest BCUT2D eigenvalue weighted by molar-refractivity contribution is -0.115. The quantitative estimate of drug-likeness (QED) is 0.381. The molecule has 1 atom stereocenters. The van der Waals surface area contributed by atoms with E-state index in [-0.39, 0.29) is 23.9 Å². The highest BCUT2D eigenvalue weighted by molar-refractivity contribution is 6.48. The molecule has 1 aliphatic rings. The summed E-state index contributed by atoms with van der Waals surface area (Å²) in [7, 11) is 0. The molecule has 6 heteroatoms. The number of rotatable bonds is 5. The fraction of sp³-hybridized carbons (Fsp3) is 0.240. The number of aryl methyl sites for hydroxylation is 1. The molecule has 31 heavy (non-hydrogen) atoms. The van der Waals surface area contributed by atoms with Gasteiger partial charge in [0, 0.05) is 23.0 Å². The standard InChI is InChI=1S/C25H24N2O4/c1-4-31-25(30)20-16(3)26-22(21(20)17-10-6-5-7-11-17)23(28)24(29)27-15(2)14-18-12-8-9-13-19(18)27/h5-13,15,26H,4,14H2,1-3H3/t15-/m0/s1. The van der Waals surface area contributed by atoms with Crippen molar-refractivity contribution in [3.63, 3.8) is 0 Å². The monoisotopic (exact) mass is 416 g/mol. The van der Waals surface area contributed by atoms with Crippen LogP contribution in [0.5, 0.6) is 0 Å². The number of para-hydroxylation sites is 1. The number of H-pyrrole nitrogens is 1. The van der Waals surface area contributed by atoms with E-state index in [1.165, 1.54) is 0 Å². The molecule has 0 saturated heterocycles. The summed E-state index contributed by atoms with van der Waals surface area (Å²) in [6, 6.07) is 16.6. The van der Waals surface area contributed by atoms with Crippen molar-refractivity contribution in [1.82, 2.24) is 4.98 Å². The molecule has 0 bridgehead atoms. The summed E-state index contributed by atoms with van der Waals surface area (Å²) >= 11 is 0. The number of Topliss-reactive ketones (excluding diaryl/α,β-unsaturated/α-hetero) is 1. The van der Waals surface area contributed by atoms with Gasteiger partial charge in [0.15, 0.2) is 0 Å². The van der Waals surface area contributed by atoms with Gasteiger partial charge >= 0.3 is 11.9 Å². The predicted octanol–water partition coefficient (Wildman–Crippen LogP) is 4.33. The van der Waals surface area contributed by atoms with E-state index in [4.69, 9.17) is 4.74 Å². The Bertz CT molecular complexity index is 1160. The van der Waals surface area contributed by atoms with Crippen molar-refractivity contribution in [2.45, 2.75) is 33.2 Å². The van der Waals surface area contributed by atoms with Crippen LogP contribution in [0.2, 0.25) is 0 Å². The first-order valence-electron chi connectivity index (χ1n) is 10.3. The van der Waals surface area contributed by atoms with Gasteiger partial charge < -0.3 is 14.6 Å². The molecular formula is C25H24N2O4. The Labute approximate surface area is 180 Å². The minimum Gasteiger partial charge on any atom is -0.462 e. The van der Waals surface area contributed by atoms with E-state index in [0.717, 1.165) is 11.3 Å². The number of hydrogen-bond acceptors (Lipinski definition) is 4. The van der Waals surface area contributed by atoms with Crippen LogP contribution >= 0.6 is 0 Å². The second-order valence-corrected chi connectivity index (χ2v) is 7.65. The molecule has 158 valence electrons. The average molecular weight is 416 g/mol. The highest BCUT2D eigenvalue weighted by atomic mass is 16.5. The largest absolute Gasteiger partial charge is 0.462 e. The van der Waals surface area contributed by atoms with E-state index in [0.29, 0.717) is 23.2 Å². The molecule has 4 rings (SSSR count). The summed E-state index contributed by atoms with van der Waals surface area (Å²) < 4.78 is 5.22. The summed E-state index contributed by atoms with van der Waals surface area (Å²) in [4.78, 5) is 44.0. The van der Waals surface area contributed by atoms with Crippen molar-refractivity contribution in [2.75, 3.05) is 11.5 Å². The van der Waals surface area contributed by atoms with E-state index in [1.807, 2.05) is 49.4 Å². The van der Waals surface area contributed by atoms with E-state index in [2.05, 4.69) is 4.98 Å². The molecule has 0 unspecified atom stereocenters. The first kappa shape index (κ1) is 20.6. The van der Waals surface area contributed by atoms with E-state index >= 15 is 0 Å². The maximum absolute atomic E-state index is 13.5. The summed E-state index contributed by atoms with van der Waals surface area (Å²) in [5, 5.41) is 0. The van der Waals surface area contributed by atoms with Gasteiger partial charge in [-0.2, -0.15) is 0 Å². The smallest absolute Gasteiger partial charge is 0.340 e. The fourth-order valence-corrected chi connectivity index (χ4v) is 4.24. The van der Waals surface area contributed by atoms with Crippen LogP contribution in [0.1, 0.15) is 46.0 Å². The second-order valence-electron chi connectivity index (χ2n) is 7.65. The fourth-order valence-electron chi connectivity index (χ4n) is 4.24. The number of carbonyl (C=O) groups excluding carboxylic acids is 3. The van der Waals surface area contributed by atoms with Crippen LogP contribution in [0.3, 0.4) is 0 Å². The molecular weight excluding hydrogens is 392 g/mol. The number of ketones is 1. The normalized spacial score (nSPS) is 14.9. The number of nitrogens with one attached hydrogen (secondary N) is 1. The summed E-state index contributed by atoms with van der Waals surface area (Å²) in [6.07, 6.45) is 0.693. The molecule has 1 aromatic heterocycles. The van der Waals surface area contributed by atoms with Crippen LogP contribution in [-0.2, 0) is 16.0 Å². The highest BCUT2D eigenvalue weighted by Gasteiger charge is 2.37. The number of ether oxygens (including phenoxy) is 1.